The summed E-state index contributed by atoms with van der Waals surface area (Å²) in [5, 5.41) is 4.04. The van der Waals surface area contributed by atoms with Crippen LogP contribution in [0.1, 0.15) is 11.5 Å². The molecule has 80 valence electrons. The second-order valence-electron chi connectivity index (χ2n) is 3.63. The van der Waals surface area contributed by atoms with Crippen molar-refractivity contribution in [1.82, 2.24) is 5.32 Å². The maximum absolute atomic E-state index is 12.8. The smallest absolute Gasteiger partial charge is 0.134 e. The minimum absolute atomic E-state index is 0.0931. The lowest BCUT2D eigenvalue weighted by Gasteiger charge is -2.12. The molecule has 1 N–H and O–H groups in total. The third-order valence-electron chi connectivity index (χ3n) is 2.59. The van der Waals surface area contributed by atoms with E-state index in [1.54, 1.807) is 6.26 Å². The van der Waals surface area contributed by atoms with Crippen LogP contribution in [0.2, 0.25) is 0 Å². The van der Waals surface area contributed by atoms with Gasteiger partial charge in [-0.25, -0.2) is 0 Å². The fraction of sp³-hybridized carbons (Fsp3) is 0.333. The van der Waals surface area contributed by atoms with Gasteiger partial charge in [-0.1, -0.05) is 12.1 Å². The van der Waals surface area contributed by atoms with Crippen LogP contribution in [0, 0.1) is 0 Å². The van der Waals surface area contributed by atoms with E-state index in [9.17, 15) is 4.39 Å². The van der Waals surface area contributed by atoms with Gasteiger partial charge in [0, 0.05) is 17.8 Å². The van der Waals surface area contributed by atoms with Crippen LogP contribution in [0.4, 0.5) is 4.39 Å². The predicted molar refractivity (Wildman–Crippen MR) is 58.9 cm³/mol. The van der Waals surface area contributed by atoms with Crippen molar-refractivity contribution in [3.05, 3.63) is 36.1 Å². The first kappa shape index (κ1) is 10.2. The van der Waals surface area contributed by atoms with Crippen LogP contribution < -0.4 is 5.32 Å². The Hall–Kier alpha value is -1.35. The van der Waals surface area contributed by atoms with Gasteiger partial charge >= 0.3 is 0 Å². The molecule has 0 amide bonds. The molecule has 1 aromatic heterocycles. The second kappa shape index (κ2) is 4.45. The molecule has 0 saturated heterocycles. The lowest BCUT2D eigenvalue weighted by molar-refractivity contribution is 0.421. The maximum atomic E-state index is 12.8. The third kappa shape index (κ3) is 2.02. The van der Waals surface area contributed by atoms with Gasteiger partial charge in [0.2, 0.25) is 0 Å². The standard InChI is InChI=1S/C12H14FNO/c1-14-8-11(7-13)10-3-2-9-4-5-15-12(9)6-10/h2-6,11,14H,7-8H2,1H3. The average Bonchev–Trinajstić information content (AvgIpc) is 2.72. The lowest BCUT2D eigenvalue weighted by atomic mass is 9.99. The summed E-state index contributed by atoms with van der Waals surface area (Å²) >= 11 is 0. The average molecular weight is 207 g/mol. The minimum atomic E-state index is -0.354. The summed E-state index contributed by atoms with van der Waals surface area (Å²) in [7, 11) is 1.83. The highest BCUT2D eigenvalue weighted by atomic mass is 19.1. The summed E-state index contributed by atoms with van der Waals surface area (Å²) in [6.07, 6.45) is 1.65. The highest BCUT2D eigenvalue weighted by Crippen LogP contribution is 2.22. The quantitative estimate of drug-likeness (QED) is 0.833. The molecule has 0 radical (unpaired) electrons. The number of hydrogen-bond acceptors (Lipinski definition) is 2. The molecule has 2 aromatic rings. The molecular formula is C12H14FNO. The van der Waals surface area contributed by atoms with Gasteiger partial charge in [0.15, 0.2) is 0 Å². The fourth-order valence-corrected chi connectivity index (χ4v) is 1.73. The van der Waals surface area contributed by atoms with Crippen LogP contribution >= 0.6 is 0 Å². The molecule has 1 aromatic carbocycles. The SMILES string of the molecule is CNCC(CF)c1ccc2ccoc2c1. The van der Waals surface area contributed by atoms with E-state index in [1.807, 2.05) is 31.3 Å². The van der Waals surface area contributed by atoms with Crippen molar-refractivity contribution in [3.8, 4) is 0 Å². The maximum Gasteiger partial charge on any atom is 0.134 e. The van der Waals surface area contributed by atoms with Crippen LogP contribution in [-0.2, 0) is 0 Å². The van der Waals surface area contributed by atoms with E-state index in [0.29, 0.717) is 6.54 Å². The van der Waals surface area contributed by atoms with Gasteiger partial charge in [-0.3, -0.25) is 4.39 Å². The van der Waals surface area contributed by atoms with Crippen molar-refractivity contribution in [2.75, 3.05) is 20.3 Å². The van der Waals surface area contributed by atoms with Gasteiger partial charge in [0.05, 0.1) is 12.9 Å². The van der Waals surface area contributed by atoms with E-state index in [4.69, 9.17) is 4.42 Å². The van der Waals surface area contributed by atoms with E-state index in [-0.39, 0.29) is 12.6 Å². The largest absolute Gasteiger partial charge is 0.464 e. The zero-order chi connectivity index (χ0) is 10.7. The highest BCUT2D eigenvalue weighted by molar-refractivity contribution is 5.77. The Labute approximate surface area is 88.1 Å². The molecule has 0 bridgehead atoms. The number of halogens is 1. The molecule has 0 fully saturated rings. The number of rotatable bonds is 4. The number of fused-ring (bicyclic) bond motifs is 1. The normalized spacial score (nSPS) is 13.2. The Morgan fingerprint density at radius 3 is 3.00 bits per heavy atom. The number of alkyl halides is 1. The number of benzene rings is 1. The van der Waals surface area contributed by atoms with Crippen molar-refractivity contribution in [2.24, 2.45) is 0 Å². The van der Waals surface area contributed by atoms with Crippen LogP contribution in [0.25, 0.3) is 11.0 Å². The molecule has 0 aliphatic heterocycles. The fourth-order valence-electron chi connectivity index (χ4n) is 1.73. The molecule has 0 spiro atoms. The summed E-state index contributed by atoms with van der Waals surface area (Å²) < 4.78 is 18.1. The monoisotopic (exact) mass is 207 g/mol. The molecule has 1 unspecified atom stereocenters. The first-order valence-corrected chi connectivity index (χ1v) is 5.03. The zero-order valence-corrected chi connectivity index (χ0v) is 8.66. The van der Waals surface area contributed by atoms with Gasteiger partial charge in [0.25, 0.3) is 0 Å². The van der Waals surface area contributed by atoms with Gasteiger partial charge in [-0.05, 0) is 24.7 Å². The Morgan fingerprint density at radius 2 is 2.27 bits per heavy atom. The van der Waals surface area contributed by atoms with Crippen molar-refractivity contribution in [3.63, 3.8) is 0 Å². The number of likely N-dealkylation sites (N-methyl/N-ethyl adjacent to an activating group) is 1. The Kier molecular flexibility index (Phi) is 3.02. The molecule has 1 atom stereocenters. The van der Waals surface area contributed by atoms with Crippen LogP contribution in [-0.4, -0.2) is 20.3 Å². The van der Waals surface area contributed by atoms with Gasteiger partial charge < -0.3 is 9.73 Å². The molecule has 1 heterocycles. The first-order chi connectivity index (χ1) is 7.35. The molecule has 0 aliphatic rings. The second-order valence-corrected chi connectivity index (χ2v) is 3.63. The molecule has 2 rings (SSSR count). The summed E-state index contributed by atoms with van der Waals surface area (Å²) in [5.41, 5.74) is 1.80. The zero-order valence-electron chi connectivity index (χ0n) is 8.66. The Bertz CT molecular complexity index is 438. The molecule has 0 saturated carbocycles. The number of furan rings is 1. The summed E-state index contributed by atoms with van der Waals surface area (Å²) in [5.74, 6) is -0.0931. The van der Waals surface area contributed by atoms with E-state index in [1.165, 1.54) is 0 Å². The van der Waals surface area contributed by atoms with Gasteiger partial charge in [-0.15, -0.1) is 0 Å². The minimum Gasteiger partial charge on any atom is -0.464 e. The summed E-state index contributed by atoms with van der Waals surface area (Å²) in [6, 6.07) is 7.74. The van der Waals surface area contributed by atoms with E-state index in [0.717, 1.165) is 16.5 Å². The highest BCUT2D eigenvalue weighted by Gasteiger charge is 2.11. The molecule has 0 aliphatic carbocycles. The number of hydrogen-bond donors (Lipinski definition) is 1. The summed E-state index contributed by atoms with van der Waals surface area (Å²) in [6.45, 7) is 0.287. The van der Waals surface area contributed by atoms with Crippen LogP contribution in [0.15, 0.2) is 34.9 Å². The molecule has 15 heavy (non-hydrogen) atoms. The molecule has 2 nitrogen and oxygen atoms in total. The van der Waals surface area contributed by atoms with Crippen molar-refractivity contribution in [1.29, 1.82) is 0 Å². The third-order valence-corrected chi connectivity index (χ3v) is 2.59. The summed E-state index contributed by atoms with van der Waals surface area (Å²) in [4.78, 5) is 0. The number of nitrogens with one attached hydrogen (secondary N) is 1. The first-order valence-electron chi connectivity index (χ1n) is 5.03. The van der Waals surface area contributed by atoms with Gasteiger partial charge in [0.1, 0.15) is 5.58 Å². The van der Waals surface area contributed by atoms with Crippen molar-refractivity contribution >= 4 is 11.0 Å². The Balaban J connectivity index is 2.33. The van der Waals surface area contributed by atoms with Crippen LogP contribution in [0.3, 0.4) is 0 Å². The van der Waals surface area contributed by atoms with Crippen molar-refractivity contribution < 1.29 is 8.81 Å². The van der Waals surface area contributed by atoms with E-state index >= 15 is 0 Å². The molecular weight excluding hydrogens is 193 g/mol. The van der Waals surface area contributed by atoms with Gasteiger partial charge in [-0.2, -0.15) is 0 Å². The topological polar surface area (TPSA) is 25.2 Å². The van der Waals surface area contributed by atoms with E-state index in [2.05, 4.69) is 5.32 Å². The Morgan fingerprint density at radius 1 is 1.40 bits per heavy atom. The van der Waals surface area contributed by atoms with Crippen molar-refractivity contribution in [2.45, 2.75) is 5.92 Å². The molecule has 3 heteroatoms. The lowest BCUT2D eigenvalue weighted by Crippen LogP contribution is -2.18. The van der Waals surface area contributed by atoms with E-state index < -0.39 is 0 Å². The predicted octanol–water partition coefficient (Wildman–Crippen LogP) is 2.71. The van der Waals surface area contributed by atoms with Crippen LogP contribution in [0.5, 0.6) is 0 Å².